The van der Waals surface area contributed by atoms with E-state index in [9.17, 15) is 15.3 Å². The predicted molar refractivity (Wildman–Crippen MR) is 56.0 cm³/mol. The van der Waals surface area contributed by atoms with Gasteiger partial charge in [0.15, 0.2) is 0 Å². The van der Waals surface area contributed by atoms with E-state index in [4.69, 9.17) is 0 Å². The van der Waals surface area contributed by atoms with Gasteiger partial charge in [0, 0.05) is 12.1 Å². The van der Waals surface area contributed by atoms with E-state index in [1.807, 2.05) is 0 Å². The average molecular weight is 209 g/mol. The van der Waals surface area contributed by atoms with Crippen LogP contribution >= 0.6 is 0 Å². The van der Waals surface area contributed by atoms with Crippen LogP contribution in [0.1, 0.15) is 20.8 Å². The summed E-state index contributed by atoms with van der Waals surface area (Å²) in [5, 5.41) is 22.9. The Hall–Kier alpha value is -1.62. The standard InChI is InChI=1S/C10H13N2O3/c1-10(2,3)11(13)8-4-6-9(7-5-8)12(14)15/h4-7H,1-3H3. The fourth-order valence-electron chi connectivity index (χ4n) is 1.10. The maximum absolute atomic E-state index is 11.7. The molecule has 81 valence electrons. The van der Waals surface area contributed by atoms with Crippen LogP contribution in [0, 0.1) is 10.1 Å². The molecule has 0 spiro atoms. The lowest BCUT2D eigenvalue weighted by molar-refractivity contribution is -0.384. The van der Waals surface area contributed by atoms with Crippen molar-refractivity contribution in [2.45, 2.75) is 26.3 Å². The van der Waals surface area contributed by atoms with Gasteiger partial charge in [-0.2, -0.15) is 0 Å². The fourth-order valence-corrected chi connectivity index (χ4v) is 1.10. The molecule has 1 aromatic carbocycles. The van der Waals surface area contributed by atoms with Crippen molar-refractivity contribution in [3.8, 4) is 0 Å². The summed E-state index contributed by atoms with van der Waals surface area (Å²) in [5.41, 5.74) is -0.134. The number of benzene rings is 1. The highest BCUT2D eigenvalue weighted by atomic mass is 16.6. The molecular weight excluding hydrogens is 196 g/mol. The van der Waals surface area contributed by atoms with E-state index < -0.39 is 10.5 Å². The molecule has 0 heterocycles. The Bertz CT molecular complexity index is 354. The van der Waals surface area contributed by atoms with Crippen molar-refractivity contribution in [2.75, 3.05) is 5.06 Å². The van der Waals surface area contributed by atoms with Crippen molar-refractivity contribution < 1.29 is 10.1 Å². The Labute approximate surface area is 88.1 Å². The van der Waals surface area contributed by atoms with Crippen molar-refractivity contribution >= 4 is 11.4 Å². The molecule has 0 amide bonds. The van der Waals surface area contributed by atoms with Crippen LogP contribution in [0.25, 0.3) is 0 Å². The molecule has 0 saturated carbocycles. The highest BCUT2D eigenvalue weighted by Gasteiger charge is 2.21. The minimum absolute atomic E-state index is 0.0129. The van der Waals surface area contributed by atoms with E-state index in [-0.39, 0.29) is 5.69 Å². The second-order valence-electron chi connectivity index (χ2n) is 4.24. The molecule has 1 aromatic rings. The van der Waals surface area contributed by atoms with Gasteiger partial charge in [0.25, 0.3) is 5.69 Å². The normalized spacial score (nSPS) is 11.2. The van der Waals surface area contributed by atoms with E-state index in [0.717, 1.165) is 5.06 Å². The van der Waals surface area contributed by atoms with Crippen molar-refractivity contribution in [1.29, 1.82) is 0 Å². The summed E-state index contributed by atoms with van der Waals surface area (Å²) < 4.78 is 0. The molecule has 5 nitrogen and oxygen atoms in total. The molecule has 5 heteroatoms. The van der Waals surface area contributed by atoms with Gasteiger partial charge >= 0.3 is 0 Å². The number of non-ortho nitro benzene ring substituents is 1. The summed E-state index contributed by atoms with van der Waals surface area (Å²) in [4.78, 5) is 9.90. The van der Waals surface area contributed by atoms with Crippen LogP contribution in [0.3, 0.4) is 0 Å². The Morgan fingerprint density at radius 3 is 2.00 bits per heavy atom. The van der Waals surface area contributed by atoms with Crippen molar-refractivity contribution in [1.82, 2.24) is 0 Å². The first kappa shape index (κ1) is 11.5. The Morgan fingerprint density at radius 1 is 1.20 bits per heavy atom. The lowest BCUT2D eigenvalue weighted by atomic mass is 10.1. The number of nitro benzene ring substituents is 1. The lowest BCUT2D eigenvalue weighted by Gasteiger charge is -2.28. The maximum Gasteiger partial charge on any atom is 0.269 e. The zero-order valence-corrected chi connectivity index (χ0v) is 8.93. The summed E-state index contributed by atoms with van der Waals surface area (Å²) in [5.74, 6) is 0. The highest BCUT2D eigenvalue weighted by molar-refractivity contribution is 5.50. The van der Waals surface area contributed by atoms with Gasteiger partial charge in [-0.05, 0) is 32.9 Å². The monoisotopic (exact) mass is 209 g/mol. The number of hydroxylamine groups is 1. The quantitative estimate of drug-likeness (QED) is 0.555. The van der Waals surface area contributed by atoms with Crippen LogP contribution in [0.15, 0.2) is 24.3 Å². The molecule has 0 aromatic heterocycles. The topological polar surface area (TPSA) is 66.3 Å². The van der Waals surface area contributed by atoms with Crippen LogP contribution in [0.5, 0.6) is 0 Å². The molecule has 0 fully saturated rings. The molecule has 0 aliphatic carbocycles. The van der Waals surface area contributed by atoms with E-state index in [1.54, 1.807) is 20.8 Å². The first-order valence-electron chi connectivity index (χ1n) is 4.54. The van der Waals surface area contributed by atoms with Crippen LogP contribution in [-0.4, -0.2) is 10.5 Å². The molecule has 0 atom stereocenters. The van der Waals surface area contributed by atoms with Crippen molar-refractivity contribution in [3.05, 3.63) is 34.4 Å². The third-order valence-electron chi connectivity index (χ3n) is 1.90. The number of nitro groups is 1. The Kier molecular flexibility index (Phi) is 2.95. The van der Waals surface area contributed by atoms with Crippen LogP contribution < -0.4 is 5.06 Å². The SMILES string of the molecule is CC(C)(C)N([O])c1ccc([N+](=O)[O-])cc1. The fraction of sp³-hybridized carbons (Fsp3) is 0.400. The Morgan fingerprint density at radius 2 is 1.67 bits per heavy atom. The molecule has 1 rings (SSSR count). The predicted octanol–water partition coefficient (Wildman–Crippen LogP) is 2.55. The smallest absolute Gasteiger partial charge is 0.258 e. The van der Waals surface area contributed by atoms with E-state index in [2.05, 4.69) is 0 Å². The molecule has 0 unspecified atom stereocenters. The summed E-state index contributed by atoms with van der Waals surface area (Å²) in [6, 6.07) is 5.56. The average Bonchev–Trinajstić information content (AvgIpc) is 2.15. The zero-order valence-electron chi connectivity index (χ0n) is 8.93. The van der Waals surface area contributed by atoms with Gasteiger partial charge in [-0.1, -0.05) is 5.21 Å². The van der Waals surface area contributed by atoms with Gasteiger partial charge in [0.2, 0.25) is 0 Å². The first-order valence-corrected chi connectivity index (χ1v) is 4.54. The van der Waals surface area contributed by atoms with E-state index in [1.165, 1.54) is 24.3 Å². The molecule has 0 aliphatic heterocycles. The van der Waals surface area contributed by atoms with Crippen molar-refractivity contribution in [3.63, 3.8) is 0 Å². The van der Waals surface area contributed by atoms with Gasteiger partial charge in [-0.25, -0.2) is 5.06 Å². The number of rotatable bonds is 2. The van der Waals surface area contributed by atoms with Crippen LogP contribution in [-0.2, 0) is 5.21 Å². The minimum Gasteiger partial charge on any atom is -0.258 e. The summed E-state index contributed by atoms with van der Waals surface area (Å²) >= 11 is 0. The molecule has 1 radical (unpaired) electrons. The number of nitrogens with zero attached hydrogens (tertiary/aromatic N) is 2. The first-order chi connectivity index (χ1) is 6.82. The van der Waals surface area contributed by atoms with Gasteiger partial charge in [-0.3, -0.25) is 10.1 Å². The third kappa shape index (κ3) is 2.66. The molecule has 0 saturated heterocycles. The van der Waals surface area contributed by atoms with Gasteiger partial charge in [-0.15, -0.1) is 0 Å². The number of anilines is 1. The molecular formula is C10H13N2O3. The maximum atomic E-state index is 11.7. The van der Waals surface area contributed by atoms with Gasteiger partial charge in [0.05, 0.1) is 16.1 Å². The van der Waals surface area contributed by atoms with Crippen molar-refractivity contribution in [2.24, 2.45) is 0 Å². The second-order valence-corrected chi connectivity index (χ2v) is 4.24. The summed E-state index contributed by atoms with van der Waals surface area (Å²) in [6.45, 7) is 5.34. The lowest BCUT2D eigenvalue weighted by Crippen LogP contribution is -2.37. The minimum atomic E-state index is -0.546. The second kappa shape index (κ2) is 3.86. The summed E-state index contributed by atoms with van der Waals surface area (Å²) in [7, 11) is 0. The number of hydrogen-bond donors (Lipinski definition) is 0. The zero-order chi connectivity index (χ0) is 11.6. The Balaban J connectivity index is 2.94. The molecule has 0 bridgehead atoms. The van der Waals surface area contributed by atoms with E-state index in [0.29, 0.717) is 5.69 Å². The molecule has 0 N–H and O–H groups in total. The summed E-state index contributed by atoms with van der Waals surface area (Å²) in [6.07, 6.45) is 0. The van der Waals surface area contributed by atoms with Crippen LogP contribution in [0.4, 0.5) is 11.4 Å². The van der Waals surface area contributed by atoms with Gasteiger partial charge < -0.3 is 0 Å². The molecule has 0 aliphatic rings. The third-order valence-corrected chi connectivity index (χ3v) is 1.90. The highest BCUT2D eigenvalue weighted by Crippen LogP contribution is 2.24. The van der Waals surface area contributed by atoms with Crippen LogP contribution in [0.2, 0.25) is 0 Å². The largest absolute Gasteiger partial charge is 0.269 e. The van der Waals surface area contributed by atoms with Gasteiger partial charge in [0.1, 0.15) is 0 Å². The number of hydrogen-bond acceptors (Lipinski definition) is 3. The molecule has 15 heavy (non-hydrogen) atoms. The van der Waals surface area contributed by atoms with E-state index >= 15 is 0 Å².